The van der Waals surface area contributed by atoms with E-state index in [9.17, 15) is 39.3 Å². The van der Waals surface area contributed by atoms with Gasteiger partial charge in [0, 0.05) is 5.56 Å². The van der Waals surface area contributed by atoms with Gasteiger partial charge in [0.2, 0.25) is 11.8 Å². The molecular formula is C24H24N4O8S. The number of carboxylic acid groups (broad SMARTS) is 1. The van der Waals surface area contributed by atoms with Crippen molar-refractivity contribution in [2.45, 2.75) is 42.5 Å². The van der Waals surface area contributed by atoms with Crippen LogP contribution in [0.3, 0.4) is 0 Å². The number of carboxylic acids is 1. The molecule has 0 radical (unpaired) electrons. The lowest BCUT2D eigenvalue weighted by Gasteiger charge is -2.53. The fraction of sp³-hybridized carbons (Fsp3) is 0.292. The number of nitrogens with two attached hydrogens (primary N) is 1. The number of thioether (sulfide) groups is 1. The van der Waals surface area contributed by atoms with Crippen molar-refractivity contribution in [1.82, 2.24) is 14.9 Å². The highest BCUT2D eigenvalue weighted by atomic mass is 32.2. The van der Waals surface area contributed by atoms with E-state index in [2.05, 4.69) is 0 Å². The van der Waals surface area contributed by atoms with Gasteiger partial charge in [0.1, 0.15) is 0 Å². The second-order valence-electron chi connectivity index (χ2n) is 9.05. The van der Waals surface area contributed by atoms with Gasteiger partial charge in [0.25, 0.3) is 11.6 Å². The maximum absolute atomic E-state index is 13.9. The molecule has 5 amide bonds. The third-order valence-electron chi connectivity index (χ3n) is 6.39. The largest absolute Gasteiger partial charge is 0.504 e. The lowest BCUT2D eigenvalue weighted by molar-refractivity contribution is -0.206. The molecule has 2 fully saturated rings. The van der Waals surface area contributed by atoms with E-state index in [1.165, 1.54) is 13.8 Å². The average molecular weight is 529 g/mol. The van der Waals surface area contributed by atoms with Crippen molar-refractivity contribution in [1.29, 1.82) is 0 Å². The van der Waals surface area contributed by atoms with E-state index >= 15 is 0 Å². The molecule has 194 valence electrons. The molecular weight excluding hydrogens is 504 g/mol. The molecule has 0 unspecified atom stereocenters. The molecule has 2 heterocycles. The first-order valence-electron chi connectivity index (χ1n) is 11.1. The molecule has 12 nitrogen and oxygen atoms in total. The first-order valence-corrected chi connectivity index (χ1v) is 12.0. The zero-order valence-corrected chi connectivity index (χ0v) is 20.6. The number of carbonyl (C=O) groups is 5. The van der Waals surface area contributed by atoms with Gasteiger partial charge in [0.05, 0.1) is 23.0 Å². The van der Waals surface area contributed by atoms with E-state index in [0.29, 0.717) is 10.6 Å². The van der Waals surface area contributed by atoms with Gasteiger partial charge in [-0.05, 0) is 37.6 Å². The predicted molar refractivity (Wildman–Crippen MR) is 130 cm³/mol. The summed E-state index contributed by atoms with van der Waals surface area (Å²) < 4.78 is -1.41. The summed E-state index contributed by atoms with van der Waals surface area (Å²) in [5.41, 5.74) is 3.15. The summed E-state index contributed by atoms with van der Waals surface area (Å²) in [7, 11) is 0. The van der Waals surface area contributed by atoms with Gasteiger partial charge in [-0.1, -0.05) is 30.3 Å². The minimum Gasteiger partial charge on any atom is -0.504 e. The van der Waals surface area contributed by atoms with Crippen LogP contribution in [-0.2, 0) is 20.8 Å². The molecule has 0 saturated carbocycles. The fourth-order valence-corrected chi connectivity index (χ4v) is 6.46. The van der Waals surface area contributed by atoms with Crippen molar-refractivity contribution in [3.05, 3.63) is 59.7 Å². The summed E-state index contributed by atoms with van der Waals surface area (Å²) in [5.74, 6) is -5.71. The van der Waals surface area contributed by atoms with Gasteiger partial charge in [0.15, 0.2) is 11.5 Å². The SMILES string of the molecule is CC1(C)S[C@@H]2CC(=O)N2[C@]1(C(=O)O)N(C(=O)Cc1ccccc1)N(C(N)=O)C(=O)c1ccc(O)c(O)c1. The van der Waals surface area contributed by atoms with Crippen LogP contribution >= 0.6 is 11.8 Å². The monoisotopic (exact) mass is 528 g/mol. The number of phenolic OH excluding ortho intramolecular Hbond substituents is 2. The number of hydrogen-bond acceptors (Lipinski definition) is 8. The zero-order chi connectivity index (χ0) is 27.3. The summed E-state index contributed by atoms with van der Waals surface area (Å²) in [6.07, 6.45) is -0.415. The van der Waals surface area contributed by atoms with Gasteiger partial charge in [-0.3, -0.25) is 19.3 Å². The molecule has 2 aliphatic rings. The standard InChI is InChI=1S/C24H24N4O8S/c1-23(2)24(21(34)35,26-17(31)12-19(26)37-23)28(18(32)10-13-6-4-3-5-7-13)27(22(25)36)20(33)14-8-9-15(29)16(30)11-14/h3-9,11,19,29-30H,10,12H2,1-2H3,(H2,25,36)(H,34,35)/t19-,24-/m1/s1. The van der Waals surface area contributed by atoms with Crippen LogP contribution in [0.2, 0.25) is 0 Å². The molecule has 5 N–H and O–H groups in total. The number of hydrogen-bond donors (Lipinski definition) is 4. The Labute approximate surface area is 215 Å². The second-order valence-corrected chi connectivity index (χ2v) is 10.9. The number of hydrazine groups is 1. The Morgan fingerprint density at radius 3 is 2.27 bits per heavy atom. The number of β-lactam (4-membered cyclic amide) rings is 1. The summed E-state index contributed by atoms with van der Waals surface area (Å²) in [6.45, 7) is 2.99. The van der Waals surface area contributed by atoms with Crippen LogP contribution < -0.4 is 5.73 Å². The number of benzene rings is 2. The number of urea groups is 1. The molecule has 0 spiro atoms. The van der Waals surface area contributed by atoms with E-state index in [4.69, 9.17) is 5.73 Å². The van der Waals surface area contributed by atoms with Crippen molar-refractivity contribution >= 4 is 41.5 Å². The number of imide groups is 1. The topological polar surface area (TPSA) is 182 Å². The van der Waals surface area contributed by atoms with Crippen LogP contribution in [0.1, 0.15) is 36.2 Å². The number of aromatic hydroxyl groups is 2. The number of amides is 5. The van der Waals surface area contributed by atoms with Gasteiger partial charge < -0.3 is 21.1 Å². The summed E-state index contributed by atoms with van der Waals surface area (Å²) in [6, 6.07) is 9.61. The van der Waals surface area contributed by atoms with Crippen LogP contribution in [0.15, 0.2) is 48.5 Å². The van der Waals surface area contributed by atoms with E-state index < -0.39 is 63.4 Å². The maximum atomic E-state index is 13.9. The molecule has 2 saturated heterocycles. The molecule has 0 bridgehead atoms. The molecule has 0 aromatic heterocycles. The number of primary amides is 1. The summed E-state index contributed by atoms with van der Waals surface area (Å²) in [4.78, 5) is 67.1. The van der Waals surface area contributed by atoms with Crippen molar-refractivity contribution in [2.75, 3.05) is 0 Å². The highest BCUT2D eigenvalue weighted by molar-refractivity contribution is 8.01. The second kappa shape index (κ2) is 9.00. The van der Waals surface area contributed by atoms with Crippen LogP contribution in [0, 0.1) is 0 Å². The number of carbonyl (C=O) groups excluding carboxylic acids is 4. The predicted octanol–water partition coefficient (Wildman–Crippen LogP) is 1.47. The Morgan fingerprint density at radius 2 is 1.73 bits per heavy atom. The molecule has 2 atom stereocenters. The van der Waals surface area contributed by atoms with Crippen molar-refractivity contribution in [3.8, 4) is 11.5 Å². The van der Waals surface area contributed by atoms with E-state index in [1.807, 2.05) is 0 Å². The lowest BCUT2D eigenvalue weighted by Crippen LogP contribution is -2.80. The number of aliphatic carboxylic acids is 1. The quantitative estimate of drug-likeness (QED) is 0.254. The lowest BCUT2D eigenvalue weighted by atomic mass is 9.88. The first-order chi connectivity index (χ1) is 17.3. The zero-order valence-electron chi connectivity index (χ0n) is 19.8. The third-order valence-corrected chi connectivity index (χ3v) is 7.91. The van der Waals surface area contributed by atoms with E-state index in [0.717, 1.165) is 34.9 Å². The molecule has 2 aromatic rings. The Bertz CT molecular complexity index is 1320. The van der Waals surface area contributed by atoms with Crippen molar-refractivity contribution < 1.29 is 39.3 Å². The number of fused-ring (bicyclic) bond motifs is 1. The normalized spacial score (nSPS) is 21.5. The first kappa shape index (κ1) is 25.8. The van der Waals surface area contributed by atoms with Crippen LogP contribution in [0.25, 0.3) is 0 Å². The Kier molecular flexibility index (Phi) is 6.28. The molecule has 37 heavy (non-hydrogen) atoms. The van der Waals surface area contributed by atoms with Crippen molar-refractivity contribution in [2.24, 2.45) is 5.73 Å². The van der Waals surface area contributed by atoms with E-state index in [-0.39, 0.29) is 17.0 Å². The minimum atomic E-state index is -2.51. The van der Waals surface area contributed by atoms with E-state index in [1.54, 1.807) is 30.3 Å². The highest BCUT2D eigenvalue weighted by Crippen LogP contribution is 2.58. The van der Waals surface area contributed by atoms with Crippen LogP contribution in [-0.4, -0.2) is 75.7 Å². The molecule has 2 aliphatic heterocycles. The van der Waals surface area contributed by atoms with Gasteiger partial charge in [-0.25, -0.2) is 14.6 Å². The Morgan fingerprint density at radius 1 is 1.08 bits per heavy atom. The maximum Gasteiger partial charge on any atom is 0.354 e. The third kappa shape index (κ3) is 3.91. The fourth-order valence-electron chi connectivity index (χ4n) is 4.74. The van der Waals surface area contributed by atoms with Gasteiger partial charge in [-0.2, -0.15) is 5.01 Å². The highest BCUT2D eigenvalue weighted by Gasteiger charge is 2.75. The van der Waals surface area contributed by atoms with Gasteiger partial charge >= 0.3 is 12.0 Å². The number of rotatable bonds is 5. The van der Waals surface area contributed by atoms with Crippen molar-refractivity contribution in [3.63, 3.8) is 0 Å². The van der Waals surface area contributed by atoms with Crippen LogP contribution in [0.5, 0.6) is 11.5 Å². The molecule has 0 aliphatic carbocycles. The average Bonchev–Trinajstić information content (AvgIpc) is 3.01. The Balaban J connectivity index is 1.94. The molecule has 2 aromatic carbocycles. The smallest absolute Gasteiger partial charge is 0.354 e. The van der Waals surface area contributed by atoms with Gasteiger partial charge in [-0.15, -0.1) is 11.8 Å². The summed E-state index contributed by atoms with van der Waals surface area (Å²) >= 11 is 1.12. The molecule has 4 rings (SSSR count). The molecule has 13 heteroatoms. The summed E-state index contributed by atoms with van der Waals surface area (Å²) in [5, 5.41) is 30.2. The Hall–Kier alpha value is -4.26. The number of phenols is 2. The minimum absolute atomic E-state index is 0.0141. The van der Waals surface area contributed by atoms with Crippen LogP contribution in [0.4, 0.5) is 4.79 Å². The number of nitrogens with zero attached hydrogens (tertiary/aromatic N) is 3.